The lowest BCUT2D eigenvalue weighted by atomic mass is 10.2. The van der Waals surface area contributed by atoms with Crippen molar-refractivity contribution < 1.29 is 14.6 Å². The van der Waals surface area contributed by atoms with E-state index in [1.165, 1.54) is 13.2 Å². The number of rotatable bonds is 5. The van der Waals surface area contributed by atoms with Crippen LogP contribution in [0, 0.1) is 10.1 Å². The highest BCUT2D eigenvalue weighted by molar-refractivity contribution is 7.15. The molecule has 0 saturated heterocycles. The van der Waals surface area contributed by atoms with Crippen molar-refractivity contribution in [3.63, 3.8) is 0 Å². The maximum atomic E-state index is 12.4. The van der Waals surface area contributed by atoms with Crippen LogP contribution in [-0.2, 0) is 17.9 Å². The van der Waals surface area contributed by atoms with Crippen LogP contribution in [0.4, 0.5) is 4.79 Å². The minimum atomic E-state index is -0.900. The first-order valence-electron chi connectivity index (χ1n) is 6.98. The Labute approximate surface area is 152 Å². The number of hydrogen-bond acceptors (Lipinski definition) is 6. The van der Waals surface area contributed by atoms with E-state index in [1.54, 1.807) is 12.1 Å². The van der Waals surface area contributed by atoms with Gasteiger partial charge in [-0.2, -0.15) is 0 Å². The molecule has 0 spiro atoms. The second-order valence-corrected chi connectivity index (χ2v) is 6.31. The maximum absolute atomic E-state index is 12.4. The summed E-state index contributed by atoms with van der Waals surface area (Å²) < 4.78 is 5.52. The van der Waals surface area contributed by atoms with Crippen LogP contribution >= 0.6 is 22.9 Å². The number of nitro groups is 1. The Balaban J connectivity index is 2.17. The van der Waals surface area contributed by atoms with Gasteiger partial charge in [0.15, 0.2) is 9.50 Å². The summed E-state index contributed by atoms with van der Waals surface area (Å²) in [7, 11) is 1.42. The van der Waals surface area contributed by atoms with Crippen LogP contribution in [0.5, 0.6) is 0 Å². The normalized spacial score (nSPS) is 11.0. The molecule has 1 aromatic heterocycles. The Kier molecular flexibility index (Phi) is 6.66. The van der Waals surface area contributed by atoms with Crippen molar-refractivity contribution in [3.05, 3.63) is 61.6 Å². The molecule has 1 amide bonds. The molecule has 0 saturated carbocycles. The molecular weight excluding hydrogens is 370 g/mol. The molecule has 2 aromatic rings. The van der Waals surface area contributed by atoms with E-state index in [2.05, 4.69) is 15.4 Å². The fraction of sp³-hybridized carbons (Fsp3) is 0.214. The lowest BCUT2D eigenvalue weighted by molar-refractivity contribution is -0.485. The van der Waals surface area contributed by atoms with Gasteiger partial charge < -0.3 is 10.1 Å². The number of amides is 1. The molecular formula is C14H14ClN5O4S. The largest absolute Gasteiger partial charge is 0.444 e. The summed E-state index contributed by atoms with van der Waals surface area (Å²) >= 11 is 6.93. The van der Waals surface area contributed by atoms with Gasteiger partial charge in [-0.05, 0) is 5.56 Å². The van der Waals surface area contributed by atoms with Gasteiger partial charge in [-0.15, -0.1) is 11.3 Å². The van der Waals surface area contributed by atoms with Crippen molar-refractivity contribution in [1.82, 2.24) is 15.2 Å². The second kappa shape index (κ2) is 8.94. The average Bonchev–Trinajstić information content (AvgIpc) is 3.01. The summed E-state index contributed by atoms with van der Waals surface area (Å²) in [5, 5.41) is 15.5. The topological polar surface area (TPSA) is 110 Å². The quantitative estimate of drug-likeness (QED) is 0.368. The van der Waals surface area contributed by atoms with Crippen LogP contribution in [0.1, 0.15) is 10.4 Å². The van der Waals surface area contributed by atoms with Crippen molar-refractivity contribution in [3.8, 4) is 0 Å². The number of benzene rings is 1. The third kappa shape index (κ3) is 5.69. The first-order chi connectivity index (χ1) is 12.0. The van der Waals surface area contributed by atoms with Crippen molar-refractivity contribution in [2.75, 3.05) is 7.05 Å². The summed E-state index contributed by atoms with van der Waals surface area (Å²) in [5.74, 6) is -0.257. The number of nitrogens with one attached hydrogen (secondary N) is 1. The summed E-state index contributed by atoms with van der Waals surface area (Å²) in [6, 6.07) is 9.06. The molecule has 0 unspecified atom stereocenters. The third-order valence-electron chi connectivity index (χ3n) is 2.92. The standard InChI is InChI=1S/C14H14ClN5O4S/c1-16-13(18-20(22)23)19(8-11-7-17-12(15)25-11)14(21)24-9-10-5-3-2-4-6-10/h2-7H,8-9H2,1H3,(H,16,18). The van der Waals surface area contributed by atoms with Crippen molar-refractivity contribution in [2.45, 2.75) is 13.2 Å². The Hall–Kier alpha value is -2.72. The summed E-state index contributed by atoms with van der Waals surface area (Å²) in [6.45, 7) is 0.000597. The number of hydrogen-bond donors (Lipinski definition) is 1. The first kappa shape index (κ1) is 18.6. The number of nitrogens with zero attached hydrogens (tertiary/aromatic N) is 4. The molecule has 132 valence electrons. The van der Waals surface area contributed by atoms with Crippen LogP contribution in [-0.4, -0.2) is 34.0 Å². The lowest BCUT2D eigenvalue weighted by Crippen LogP contribution is -2.43. The SMILES string of the molecule is CNC(=N[N+](=O)[O-])N(Cc1cnc(Cl)s1)C(=O)OCc1ccccc1. The van der Waals surface area contributed by atoms with Crippen LogP contribution in [0.3, 0.4) is 0 Å². The molecule has 0 bridgehead atoms. The fourth-order valence-electron chi connectivity index (χ4n) is 1.85. The zero-order valence-corrected chi connectivity index (χ0v) is 14.7. The zero-order valence-electron chi connectivity index (χ0n) is 13.1. The zero-order chi connectivity index (χ0) is 18.2. The van der Waals surface area contributed by atoms with Crippen LogP contribution in [0.25, 0.3) is 0 Å². The highest BCUT2D eigenvalue weighted by atomic mass is 35.5. The fourth-order valence-corrected chi connectivity index (χ4v) is 2.82. The molecule has 0 fully saturated rings. The Bertz CT molecular complexity index is 768. The Morgan fingerprint density at radius 2 is 2.20 bits per heavy atom. The van der Waals surface area contributed by atoms with E-state index in [0.29, 0.717) is 9.34 Å². The number of halogens is 1. The molecule has 0 atom stereocenters. The molecule has 11 heteroatoms. The number of guanidine groups is 1. The molecule has 25 heavy (non-hydrogen) atoms. The van der Waals surface area contributed by atoms with Crippen molar-refractivity contribution in [2.24, 2.45) is 5.10 Å². The monoisotopic (exact) mass is 383 g/mol. The van der Waals surface area contributed by atoms with Gasteiger partial charge >= 0.3 is 6.09 Å². The minimum Gasteiger partial charge on any atom is -0.444 e. The van der Waals surface area contributed by atoms with E-state index < -0.39 is 11.1 Å². The van der Waals surface area contributed by atoms with E-state index >= 15 is 0 Å². The van der Waals surface area contributed by atoms with Crippen molar-refractivity contribution >= 4 is 35.0 Å². The predicted molar refractivity (Wildman–Crippen MR) is 92.8 cm³/mol. The van der Waals surface area contributed by atoms with Crippen LogP contribution < -0.4 is 5.32 Å². The van der Waals surface area contributed by atoms with E-state index in [1.807, 2.05) is 18.2 Å². The van der Waals surface area contributed by atoms with Crippen LogP contribution in [0.2, 0.25) is 4.47 Å². The van der Waals surface area contributed by atoms with Gasteiger partial charge in [0.2, 0.25) is 0 Å². The summed E-state index contributed by atoms with van der Waals surface area (Å²) in [5.41, 5.74) is 0.786. The molecule has 0 aliphatic carbocycles. The highest BCUT2D eigenvalue weighted by Crippen LogP contribution is 2.20. The van der Waals surface area contributed by atoms with E-state index in [-0.39, 0.29) is 19.1 Å². The van der Waals surface area contributed by atoms with Crippen molar-refractivity contribution in [1.29, 1.82) is 0 Å². The Morgan fingerprint density at radius 1 is 1.48 bits per heavy atom. The molecule has 1 heterocycles. The van der Waals surface area contributed by atoms with E-state index in [0.717, 1.165) is 21.8 Å². The first-order valence-corrected chi connectivity index (χ1v) is 8.18. The molecule has 0 aliphatic rings. The van der Waals surface area contributed by atoms with Gasteiger partial charge in [-0.1, -0.05) is 41.9 Å². The predicted octanol–water partition coefficient (Wildman–Crippen LogP) is 2.70. The number of ether oxygens (including phenoxy) is 1. The molecule has 9 nitrogen and oxygen atoms in total. The van der Waals surface area contributed by atoms with E-state index in [4.69, 9.17) is 16.3 Å². The van der Waals surface area contributed by atoms with Gasteiger partial charge in [-0.25, -0.2) is 24.8 Å². The van der Waals surface area contributed by atoms with Crippen LogP contribution in [0.15, 0.2) is 41.6 Å². The third-order valence-corrected chi connectivity index (χ3v) is 4.02. The van der Waals surface area contributed by atoms with Gasteiger partial charge in [-0.3, -0.25) is 0 Å². The van der Waals surface area contributed by atoms with Gasteiger partial charge in [0.05, 0.1) is 6.54 Å². The molecule has 0 aliphatic heterocycles. The number of aromatic nitrogens is 1. The van der Waals surface area contributed by atoms with E-state index in [9.17, 15) is 14.9 Å². The average molecular weight is 384 g/mol. The minimum absolute atomic E-state index is 0.0223. The van der Waals surface area contributed by atoms with Gasteiger partial charge in [0, 0.05) is 18.1 Å². The number of thiazole rings is 1. The smallest absolute Gasteiger partial charge is 0.417 e. The number of hydrazone groups is 1. The lowest BCUT2D eigenvalue weighted by Gasteiger charge is -2.20. The summed E-state index contributed by atoms with van der Waals surface area (Å²) in [4.78, 5) is 28.6. The highest BCUT2D eigenvalue weighted by Gasteiger charge is 2.24. The molecule has 1 aromatic carbocycles. The number of carbonyl (C=O) groups excluding carboxylic acids is 1. The molecule has 1 N–H and O–H groups in total. The van der Waals surface area contributed by atoms with Gasteiger partial charge in [0.25, 0.3) is 5.96 Å². The second-order valence-electron chi connectivity index (χ2n) is 4.62. The number of carbonyl (C=O) groups is 1. The molecule has 2 rings (SSSR count). The molecule has 0 radical (unpaired) electrons. The maximum Gasteiger partial charge on any atom is 0.417 e. The Morgan fingerprint density at radius 3 is 2.76 bits per heavy atom. The van der Waals surface area contributed by atoms with Gasteiger partial charge in [0.1, 0.15) is 11.7 Å². The summed E-state index contributed by atoms with van der Waals surface area (Å²) in [6.07, 6.45) is 0.688.